The minimum absolute atomic E-state index is 0.0445. The molecule has 2 aromatic heterocycles. The van der Waals surface area contributed by atoms with E-state index in [1.807, 2.05) is 6.07 Å². The van der Waals surface area contributed by atoms with Crippen LogP contribution in [0.2, 0.25) is 5.02 Å². The Morgan fingerprint density at radius 2 is 1.96 bits per heavy atom. The SMILES string of the molecule is O=C(Nc1ccccc1)c1nc2c(=O)[nH]c3cc(Cl)ccc3n2n1. The molecule has 0 aliphatic rings. The zero-order chi connectivity index (χ0) is 16.7. The van der Waals surface area contributed by atoms with E-state index in [0.29, 0.717) is 21.7 Å². The van der Waals surface area contributed by atoms with Gasteiger partial charge in [-0.05, 0) is 30.3 Å². The Balaban J connectivity index is 1.83. The number of para-hydroxylation sites is 1. The van der Waals surface area contributed by atoms with Gasteiger partial charge in [-0.1, -0.05) is 29.8 Å². The molecule has 0 fully saturated rings. The number of benzene rings is 2. The van der Waals surface area contributed by atoms with Gasteiger partial charge >= 0.3 is 0 Å². The number of hydrogen-bond donors (Lipinski definition) is 2. The van der Waals surface area contributed by atoms with Crippen molar-refractivity contribution in [1.82, 2.24) is 19.6 Å². The molecule has 118 valence electrons. The third-order valence-electron chi connectivity index (χ3n) is 3.48. The molecule has 2 N–H and O–H groups in total. The van der Waals surface area contributed by atoms with Crippen LogP contribution in [0.1, 0.15) is 10.6 Å². The molecule has 0 aliphatic heterocycles. The molecular formula is C16H10ClN5O2. The van der Waals surface area contributed by atoms with Crippen LogP contribution < -0.4 is 10.9 Å². The Bertz CT molecular complexity index is 1130. The lowest BCUT2D eigenvalue weighted by molar-refractivity contribution is 0.101. The van der Waals surface area contributed by atoms with Crippen molar-refractivity contribution in [3.8, 4) is 0 Å². The maximum atomic E-state index is 12.3. The van der Waals surface area contributed by atoms with E-state index in [0.717, 1.165) is 0 Å². The number of rotatable bonds is 2. The fourth-order valence-electron chi connectivity index (χ4n) is 2.40. The van der Waals surface area contributed by atoms with E-state index >= 15 is 0 Å². The number of nitrogens with zero attached hydrogens (tertiary/aromatic N) is 3. The summed E-state index contributed by atoms with van der Waals surface area (Å²) in [6, 6.07) is 13.9. The molecule has 7 nitrogen and oxygen atoms in total. The first-order valence-electron chi connectivity index (χ1n) is 7.06. The molecule has 4 rings (SSSR count). The van der Waals surface area contributed by atoms with Crippen LogP contribution >= 0.6 is 11.6 Å². The van der Waals surface area contributed by atoms with Gasteiger partial charge in [0, 0.05) is 10.7 Å². The zero-order valence-corrected chi connectivity index (χ0v) is 12.9. The lowest BCUT2D eigenvalue weighted by Gasteiger charge is -2.01. The third kappa shape index (κ3) is 2.40. The fraction of sp³-hybridized carbons (Fsp3) is 0. The smallest absolute Gasteiger partial charge is 0.295 e. The molecule has 0 spiro atoms. The molecule has 2 heterocycles. The largest absolute Gasteiger partial charge is 0.319 e. The van der Waals surface area contributed by atoms with E-state index < -0.39 is 11.5 Å². The molecule has 0 atom stereocenters. The van der Waals surface area contributed by atoms with Gasteiger partial charge in [0.1, 0.15) is 0 Å². The number of amides is 1. The van der Waals surface area contributed by atoms with Crippen molar-refractivity contribution in [1.29, 1.82) is 0 Å². The maximum absolute atomic E-state index is 12.3. The summed E-state index contributed by atoms with van der Waals surface area (Å²) < 4.78 is 1.34. The molecule has 0 unspecified atom stereocenters. The van der Waals surface area contributed by atoms with Gasteiger partial charge in [-0.25, -0.2) is 4.52 Å². The number of anilines is 1. The summed E-state index contributed by atoms with van der Waals surface area (Å²) in [5.41, 5.74) is 1.33. The lowest BCUT2D eigenvalue weighted by atomic mass is 10.3. The van der Waals surface area contributed by atoms with Gasteiger partial charge in [0.15, 0.2) is 0 Å². The summed E-state index contributed by atoms with van der Waals surface area (Å²) in [5.74, 6) is -0.585. The summed E-state index contributed by atoms with van der Waals surface area (Å²) in [6.07, 6.45) is 0. The van der Waals surface area contributed by atoms with Crippen molar-refractivity contribution in [2.45, 2.75) is 0 Å². The van der Waals surface area contributed by atoms with Crippen molar-refractivity contribution in [2.75, 3.05) is 5.32 Å². The molecule has 2 aromatic carbocycles. The standard InChI is InChI=1S/C16H10ClN5O2/c17-9-6-7-12-11(8-9)19-16(24)14-20-13(21-22(12)14)15(23)18-10-4-2-1-3-5-10/h1-8H,(H,18,23)(H,19,24). The van der Waals surface area contributed by atoms with E-state index in [9.17, 15) is 9.59 Å². The van der Waals surface area contributed by atoms with Gasteiger partial charge in [0.05, 0.1) is 11.0 Å². The summed E-state index contributed by atoms with van der Waals surface area (Å²) in [7, 11) is 0. The van der Waals surface area contributed by atoms with E-state index in [1.165, 1.54) is 4.52 Å². The number of aromatic amines is 1. The molecule has 0 aliphatic carbocycles. The molecule has 0 saturated carbocycles. The van der Waals surface area contributed by atoms with Gasteiger partial charge in [0.25, 0.3) is 11.5 Å². The molecule has 8 heteroatoms. The average molecular weight is 340 g/mol. The second-order valence-electron chi connectivity index (χ2n) is 5.11. The van der Waals surface area contributed by atoms with Crippen LogP contribution in [0.25, 0.3) is 16.7 Å². The Morgan fingerprint density at radius 1 is 1.17 bits per heavy atom. The minimum Gasteiger partial charge on any atom is -0.319 e. The number of carbonyl (C=O) groups is 1. The second-order valence-corrected chi connectivity index (χ2v) is 5.54. The van der Waals surface area contributed by atoms with Gasteiger partial charge in [-0.15, -0.1) is 5.10 Å². The Labute approximate surface area is 139 Å². The number of carbonyl (C=O) groups excluding carboxylic acids is 1. The monoisotopic (exact) mass is 339 g/mol. The summed E-state index contributed by atoms with van der Waals surface area (Å²) in [5, 5.41) is 7.33. The van der Waals surface area contributed by atoms with E-state index in [-0.39, 0.29) is 11.5 Å². The van der Waals surface area contributed by atoms with Crippen LogP contribution in [0.3, 0.4) is 0 Å². The normalized spacial score (nSPS) is 11.0. The predicted octanol–water partition coefficient (Wildman–Crippen LogP) is 2.48. The van der Waals surface area contributed by atoms with E-state index in [1.54, 1.807) is 42.5 Å². The first kappa shape index (κ1) is 14.4. The van der Waals surface area contributed by atoms with E-state index in [4.69, 9.17) is 11.6 Å². The molecule has 0 saturated heterocycles. The maximum Gasteiger partial charge on any atom is 0.295 e. The Morgan fingerprint density at radius 3 is 2.75 bits per heavy atom. The number of nitrogens with one attached hydrogen (secondary N) is 2. The van der Waals surface area contributed by atoms with Crippen molar-refractivity contribution in [3.63, 3.8) is 0 Å². The van der Waals surface area contributed by atoms with E-state index in [2.05, 4.69) is 20.4 Å². The van der Waals surface area contributed by atoms with Crippen LogP contribution in [-0.4, -0.2) is 25.5 Å². The average Bonchev–Trinajstić information content (AvgIpc) is 3.02. The van der Waals surface area contributed by atoms with Gasteiger partial charge in [0.2, 0.25) is 11.5 Å². The molecular weight excluding hydrogens is 330 g/mol. The zero-order valence-electron chi connectivity index (χ0n) is 12.2. The van der Waals surface area contributed by atoms with Gasteiger partial charge < -0.3 is 10.3 Å². The minimum atomic E-state index is -0.494. The molecule has 24 heavy (non-hydrogen) atoms. The number of H-pyrrole nitrogens is 1. The second kappa shape index (κ2) is 5.47. The highest BCUT2D eigenvalue weighted by Crippen LogP contribution is 2.17. The number of hydrogen-bond acceptors (Lipinski definition) is 4. The van der Waals surface area contributed by atoms with Crippen LogP contribution in [0.4, 0.5) is 5.69 Å². The van der Waals surface area contributed by atoms with Crippen LogP contribution in [0.5, 0.6) is 0 Å². The van der Waals surface area contributed by atoms with Crippen molar-refractivity contribution < 1.29 is 4.79 Å². The predicted molar refractivity (Wildman–Crippen MR) is 90.5 cm³/mol. The molecule has 4 aromatic rings. The van der Waals surface area contributed by atoms with Crippen molar-refractivity contribution in [2.24, 2.45) is 0 Å². The lowest BCUT2D eigenvalue weighted by Crippen LogP contribution is -2.13. The summed E-state index contributed by atoms with van der Waals surface area (Å²) in [6.45, 7) is 0. The summed E-state index contributed by atoms with van der Waals surface area (Å²) >= 11 is 5.94. The van der Waals surface area contributed by atoms with Crippen LogP contribution in [0.15, 0.2) is 53.3 Å². The fourth-order valence-corrected chi connectivity index (χ4v) is 2.58. The highest BCUT2D eigenvalue weighted by Gasteiger charge is 2.16. The quantitative estimate of drug-likeness (QED) is 0.587. The molecule has 0 bridgehead atoms. The highest BCUT2D eigenvalue weighted by atomic mass is 35.5. The van der Waals surface area contributed by atoms with Crippen molar-refractivity contribution in [3.05, 3.63) is 69.7 Å². The Hall–Kier alpha value is -3.19. The van der Waals surface area contributed by atoms with Crippen LogP contribution in [0, 0.1) is 0 Å². The molecule has 1 amide bonds. The Kier molecular flexibility index (Phi) is 3.28. The summed E-state index contributed by atoms with van der Waals surface area (Å²) in [4.78, 5) is 31.2. The number of halogens is 1. The first-order valence-corrected chi connectivity index (χ1v) is 7.44. The topological polar surface area (TPSA) is 92.1 Å². The van der Waals surface area contributed by atoms with Crippen LogP contribution in [-0.2, 0) is 0 Å². The highest BCUT2D eigenvalue weighted by molar-refractivity contribution is 6.31. The third-order valence-corrected chi connectivity index (χ3v) is 3.72. The first-order chi connectivity index (χ1) is 11.6. The molecule has 0 radical (unpaired) electrons. The van der Waals surface area contributed by atoms with Gasteiger partial charge in [-0.2, -0.15) is 4.98 Å². The van der Waals surface area contributed by atoms with Gasteiger partial charge in [-0.3, -0.25) is 9.59 Å². The number of aromatic nitrogens is 4. The van der Waals surface area contributed by atoms with Crippen molar-refractivity contribution >= 4 is 39.9 Å². The number of fused-ring (bicyclic) bond motifs is 3.